The Bertz CT molecular complexity index is 1070. The summed E-state index contributed by atoms with van der Waals surface area (Å²) in [6.45, 7) is 1.92. The molecule has 0 saturated heterocycles. The first kappa shape index (κ1) is 15.5. The number of thiazole rings is 1. The predicted molar refractivity (Wildman–Crippen MR) is 101 cm³/mol. The molecule has 0 fully saturated rings. The first-order valence-corrected chi connectivity index (χ1v) is 8.69. The molecule has 2 heterocycles. The van der Waals surface area contributed by atoms with Gasteiger partial charge in [0.25, 0.3) is 5.91 Å². The van der Waals surface area contributed by atoms with Gasteiger partial charge < -0.3 is 4.57 Å². The molecule has 4 aromatic rings. The Labute approximate surface area is 149 Å². The summed E-state index contributed by atoms with van der Waals surface area (Å²) in [6, 6.07) is 13.6. The third kappa shape index (κ3) is 2.81. The van der Waals surface area contributed by atoms with E-state index in [1.54, 1.807) is 6.20 Å². The second-order valence-corrected chi connectivity index (χ2v) is 6.78. The van der Waals surface area contributed by atoms with Crippen molar-refractivity contribution in [3.63, 3.8) is 0 Å². The zero-order valence-electron chi connectivity index (χ0n) is 13.9. The molecule has 25 heavy (non-hydrogen) atoms. The van der Waals surface area contributed by atoms with Gasteiger partial charge in [-0.25, -0.2) is 9.97 Å². The fourth-order valence-corrected chi connectivity index (χ4v) is 3.83. The largest absolute Gasteiger partial charge is 0.333 e. The molecule has 4 rings (SSSR count). The van der Waals surface area contributed by atoms with Crippen LogP contribution in [0.3, 0.4) is 0 Å². The first-order valence-electron chi connectivity index (χ1n) is 7.88. The third-order valence-corrected chi connectivity index (χ3v) is 5.14. The van der Waals surface area contributed by atoms with Crippen molar-refractivity contribution in [1.82, 2.24) is 14.5 Å². The Kier molecular flexibility index (Phi) is 3.82. The average molecular weight is 348 g/mol. The highest BCUT2D eigenvalue weighted by Crippen LogP contribution is 2.31. The number of nitrogens with zero attached hydrogens (tertiary/aromatic N) is 3. The number of aryl methyl sites for hydroxylation is 2. The number of nitrogens with one attached hydrogen (secondary N) is 1. The van der Waals surface area contributed by atoms with E-state index in [2.05, 4.69) is 15.3 Å². The van der Waals surface area contributed by atoms with E-state index in [0.29, 0.717) is 10.7 Å². The quantitative estimate of drug-likeness (QED) is 0.602. The van der Waals surface area contributed by atoms with Crippen LogP contribution in [0.15, 0.2) is 54.9 Å². The molecule has 0 unspecified atom stereocenters. The van der Waals surface area contributed by atoms with Crippen LogP contribution in [0, 0.1) is 6.92 Å². The molecule has 0 radical (unpaired) electrons. The maximum Gasteiger partial charge on any atom is 0.258 e. The molecule has 1 N–H and O–H groups in total. The van der Waals surface area contributed by atoms with Crippen molar-refractivity contribution in [3.8, 4) is 10.7 Å². The van der Waals surface area contributed by atoms with Gasteiger partial charge in [-0.2, -0.15) is 0 Å². The van der Waals surface area contributed by atoms with E-state index in [-0.39, 0.29) is 5.91 Å². The Balaban J connectivity index is 1.66. The molecular weight excluding hydrogens is 332 g/mol. The number of hydrogen-bond donors (Lipinski definition) is 1. The van der Waals surface area contributed by atoms with Gasteiger partial charge in [-0.05, 0) is 23.8 Å². The van der Waals surface area contributed by atoms with E-state index in [4.69, 9.17) is 0 Å². The van der Waals surface area contributed by atoms with E-state index < -0.39 is 0 Å². The molecule has 1 amide bonds. The van der Waals surface area contributed by atoms with Gasteiger partial charge >= 0.3 is 0 Å². The molecule has 2 aromatic heterocycles. The fourth-order valence-electron chi connectivity index (χ4n) is 2.83. The molecule has 0 aliphatic carbocycles. The Morgan fingerprint density at radius 3 is 2.76 bits per heavy atom. The lowest BCUT2D eigenvalue weighted by atomic mass is 10.0. The summed E-state index contributed by atoms with van der Waals surface area (Å²) in [5, 5.41) is 5.47. The van der Waals surface area contributed by atoms with Gasteiger partial charge in [0, 0.05) is 25.0 Å². The normalized spacial score (nSPS) is 11.0. The smallest absolute Gasteiger partial charge is 0.258 e. The highest BCUT2D eigenvalue weighted by atomic mass is 32.1. The van der Waals surface area contributed by atoms with Crippen LogP contribution in [0.2, 0.25) is 0 Å². The maximum absolute atomic E-state index is 12.7. The van der Waals surface area contributed by atoms with Gasteiger partial charge in [0.15, 0.2) is 11.0 Å². The van der Waals surface area contributed by atoms with Crippen molar-refractivity contribution >= 4 is 33.1 Å². The van der Waals surface area contributed by atoms with Crippen molar-refractivity contribution in [2.24, 2.45) is 7.05 Å². The molecule has 0 spiro atoms. The number of carbonyl (C=O) groups excluding carboxylic acids is 1. The molecule has 0 saturated carbocycles. The number of fused-ring (bicyclic) bond motifs is 1. The van der Waals surface area contributed by atoms with Crippen LogP contribution in [0.5, 0.6) is 0 Å². The molecule has 0 aliphatic heterocycles. The van der Waals surface area contributed by atoms with Crippen LogP contribution in [0.4, 0.5) is 5.13 Å². The second-order valence-electron chi connectivity index (χ2n) is 5.78. The average Bonchev–Trinajstić information content (AvgIpc) is 3.19. The molecule has 124 valence electrons. The van der Waals surface area contributed by atoms with Crippen LogP contribution in [-0.2, 0) is 7.05 Å². The third-order valence-electron chi connectivity index (χ3n) is 4.08. The molecule has 5 nitrogen and oxygen atoms in total. The SMILES string of the molecule is Cc1nc(NC(=O)c2cccc3ccccc23)sc1-c1nccn1C. The highest BCUT2D eigenvalue weighted by Gasteiger charge is 2.16. The highest BCUT2D eigenvalue weighted by molar-refractivity contribution is 7.19. The molecule has 0 bridgehead atoms. The summed E-state index contributed by atoms with van der Waals surface area (Å²) in [6.07, 6.45) is 3.64. The number of hydrogen-bond acceptors (Lipinski definition) is 4. The van der Waals surface area contributed by atoms with Crippen molar-refractivity contribution in [2.75, 3.05) is 5.32 Å². The lowest BCUT2D eigenvalue weighted by Crippen LogP contribution is -2.12. The summed E-state index contributed by atoms with van der Waals surface area (Å²) >= 11 is 1.43. The zero-order valence-corrected chi connectivity index (χ0v) is 14.7. The minimum absolute atomic E-state index is 0.156. The second kappa shape index (κ2) is 6.14. The Morgan fingerprint density at radius 1 is 1.16 bits per heavy atom. The summed E-state index contributed by atoms with van der Waals surface area (Å²) in [5.74, 6) is 0.692. The standard InChI is InChI=1S/C19H16N4OS/c1-12-16(17-20-10-11-23(17)2)25-19(21-12)22-18(24)15-9-5-7-13-6-3-4-8-14(13)15/h3-11H,1-2H3,(H,21,22,24). The monoisotopic (exact) mass is 348 g/mol. The number of benzene rings is 2. The summed E-state index contributed by atoms with van der Waals surface area (Å²) in [7, 11) is 1.94. The Hall–Kier alpha value is -2.99. The van der Waals surface area contributed by atoms with Gasteiger partial charge in [-0.1, -0.05) is 47.7 Å². The molecule has 6 heteroatoms. The van der Waals surface area contributed by atoms with Gasteiger partial charge in [0.2, 0.25) is 0 Å². The van der Waals surface area contributed by atoms with Crippen LogP contribution in [0.25, 0.3) is 21.5 Å². The minimum Gasteiger partial charge on any atom is -0.333 e. The Morgan fingerprint density at radius 2 is 1.96 bits per heavy atom. The summed E-state index contributed by atoms with van der Waals surface area (Å²) in [4.78, 5) is 22.5. The van der Waals surface area contributed by atoms with Crippen molar-refractivity contribution < 1.29 is 4.79 Å². The van der Waals surface area contributed by atoms with Crippen LogP contribution in [0.1, 0.15) is 16.1 Å². The molecule has 0 aliphatic rings. The van der Waals surface area contributed by atoms with Gasteiger partial charge in [-0.3, -0.25) is 10.1 Å². The van der Waals surface area contributed by atoms with Gasteiger partial charge in [0.1, 0.15) is 0 Å². The van der Waals surface area contributed by atoms with Crippen molar-refractivity contribution in [1.29, 1.82) is 0 Å². The number of amides is 1. The summed E-state index contributed by atoms with van der Waals surface area (Å²) in [5.41, 5.74) is 1.50. The van der Waals surface area contributed by atoms with E-state index in [1.807, 2.05) is 67.2 Å². The first-order chi connectivity index (χ1) is 12.1. The molecule has 0 atom stereocenters. The van der Waals surface area contributed by atoms with Gasteiger partial charge in [-0.15, -0.1) is 0 Å². The van der Waals surface area contributed by atoms with Crippen LogP contribution < -0.4 is 5.32 Å². The number of anilines is 1. The van der Waals surface area contributed by atoms with Crippen LogP contribution >= 0.6 is 11.3 Å². The van der Waals surface area contributed by atoms with Crippen LogP contribution in [-0.4, -0.2) is 20.4 Å². The number of aromatic nitrogens is 3. The molecular formula is C19H16N4OS. The minimum atomic E-state index is -0.156. The number of imidazole rings is 1. The van der Waals surface area contributed by atoms with Crippen molar-refractivity contribution in [2.45, 2.75) is 6.92 Å². The van der Waals surface area contributed by atoms with E-state index >= 15 is 0 Å². The lowest BCUT2D eigenvalue weighted by Gasteiger charge is -2.05. The van der Waals surface area contributed by atoms with Gasteiger partial charge in [0.05, 0.1) is 10.6 Å². The maximum atomic E-state index is 12.7. The lowest BCUT2D eigenvalue weighted by molar-refractivity contribution is 0.102. The van der Waals surface area contributed by atoms with Crippen molar-refractivity contribution in [3.05, 3.63) is 66.1 Å². The zero-order chi connectivity index (χ0) is 17.4. The topological polar surface area (TPSA) is 59.8 Å². The predicted octanol–water partition coefficient (Wildman–Crippen LogP) is 4.26. The van der Waals surface area contributed by atoms with E-state index in [0.717, 1.165) is 27.2 Å². The number of rotatable bonds is 3. The number of carbonyl (C=O) groups is 1. The molecule has 2 aromatic carbocycles. The van der Waals surface area contributed by atoms with E-state index in [1.165, 1.54) is 11.3 Å². The summed E-state index contributed by atoms with van der Waals surface area (Å²) < 4.78 is 1.94. The fraction of sp³-hybridized carbons (Fsp3) is 0.105. The van der Waals surface area contributed by atoms with E-state index in [9.17, 15) is 4.79 Å².